The Morgan fingerprint density at radius 2 is 2.20 bits per heavy atom. The van der Waals surface area contributed by atoms with E-state index in [0.29, 0.717) is 11.8 Å². The summed E-state index contributed by atoms with van der Waals surface area (Å²) in [6.07, 6.45) is 5.02. The van der Waals surface area contributed by atoms with Crippen molar-refractivity contribution in [1.82, 2.24) is 9.78 Å². The Bertz CT molecular complexity index is 485. The van der Waals surface area contributed by atoms with Crippen LogP contribution in [0.4, 0.5) is 8.78 Å². The van der Waals surface area contributed by atoms with Crippen molar-refractivity contribution in [3.05, 3.63) is 11.9 Å². The first-order valence-electron chi connectivity index (χ1n) is 7.26. The van der Waals surface area contributed by atoms with Gasteiger partial charge in [-0.25, -0.2) is 8.78 Å². The smallest absolute Gasteiger partial charge is 0.250 e. The van der Waals surface area contributed by atoms with Crippen molar-refractivity contribution < 1.29 is 13.5 Å². The van der Waals surface area contributed by atoms with Crippen LogP contribution in [0.1, 0.15) is 43.8 Å². The molecule has 2 unspecified atom stereocenters. The number of nitrogens with zero attached hydrogens (tertiary/aromatic N) is 2. The van der Waals surface area contributed by atoms with E-state index in [0.717, 1.165) is 18.5 Å². The van der Waals surface area contributed by atoms with Crippen LogP contribution in [0.25, 0.3) is 0 Å². The predicted octanol–water partition coefficient (Wildman–Crippen LogP) is 2.67. The Balaban J connectivity index is 1.59. The molecule has 0 radical (unpaired) electrons. The summed E-state index contributed by atoms with van der Waals surface area (Å²) in [4.78, 5) is 0. The van der Waals surface area contributed by atoms with Crippen molar-refractivity contribution in [3.63, 3.8) is 0 Å². The Labute approximate surface area is 117 Å². The van der Waals surface area contributed by atoms with E-state index >= 15 is 0 Å². The van der Waals surface area contributed by atoms with Gasteiger partial charge in [0.05, 0.1) is 18.8 Å². The van der Waals surface area contributed by atoms with Crippen molar-refractivity contribution in [2.24, 2.45) is 11.7 Å². The molecule has 1 heterocycles. The second kappa shape index (κ2) is 4.98. The van der Waals surface area contributed by atoms with E-state index in [4.69, 9.17) is 10.5 Å². The molecule has 2 aliphatic rings. The summed E-state index contributed by atoms with van der Waals surface area (Å²) in [5, 5.41) is 4.44. The minimum absolute atomic E-state index is 0.177. The standard InChI is InChI=1S/C14H21F2N3O/c1-9-13(7-19(18-9)11-3-2-4-11)20-8-10-5-14(15,16)6-12(10)17/h7,10-12H,2-6,8,17H2,1H3. The zero-order chi connectivity index (χ0) is 14.3. The number of hydrogen-bond donors (Lipinski definition) is 1. The Morgan fingerprint density at radius 3 is 2.75 bits per heavy atom. The molecule has 2 fully saturated rings. The molecule has 1 aromatic rings. The van der Waals surface area contributed by atoms with Gasteiger partial charge in [0.1, 0.15) is 5.69 Å². The summed E-state index contributed by atoms with van der Waals surface area (Å²) in [7, 11) is 0. The normalized spacial score (nSPS) is 29.4. The van der Waals surface area contributed by atoms with Crippen LogP contribution in [0.3, 0.4) is 0 Å². The van der Waals surface area contributed by atoms with Crippen molar-refractivity contribution in [2.45, 2.75) is 57.0 Å². The largest absolute Gasteiger partial charge is 0.490 e. The Hall–Kier alpha value is -1.17. The molecule has 0 saturated heterocycles. The zero-order valence-electron chi connectivity index (χ0n) is 11.7. The van der Waals surface area contributed by atoms with Gasteiger partial charge in [-0.2, -0.15) is 5.10 Å². The summed E-state index contributed by atoms with van der Waals surface area (Å²) in [5.41, 5.74) is 6.58. The maximum Gasteiger partial charge on any atom is 0.250 e. The van der Waals surface area contributed by atoms with E-state index in [1.807, 2.05) is 17.8 Å². The third-order valence-electron chi connectivity index (χ3n) is 4.47. The molecule has 2 saturated carbocycles. The van der Waals surface area contributed by atoms with E-state index in [-0.39, 0.29) is 25.4 Å². The number of rotatable bonds is 4. The lowest BCUT2D eigenvalue weighted by atomic mass is 9.93. The van der Waals surface area contributed by atoms with Gasteiger partial charge < -0.3 is 10.5 Å². The number of aromatic nitrogens is 2. The van der Waals surface area contributed by atoms with E-state index in [9.17, 15) is 8.78 Å². The van der Waals surface area contributed by atoms with Gasteiger partial charge in [-0.3, -0.25) is 4.68 Å². The fraction of sp³-hybridized carbons (Fsp3) is 0.786. The first-order valence-corrected chi connectivity index (χ1v) is 7.26. The highest BCUT2D eigenvalue weighted by molar-refractivity contribution is 5.23. The van der Waals surface area contributed by atoms with Crippen molar-refractivity contribution in [3.8, 4) is 5.75 Å². The van der Waals surface area contributed by atoms with E-state index < -0.39 is 12.0 Å². The fourth-order valence-corrected chi connectivity index (χ4v) is 2.95. The fourth-order valence-electron chi connectivity index (χ4n) is 2.95. The minimum Gasteiger partial charge on any atom is -0.490 e. The van der Waals surface area contributed by atoms with Gasteiger partial charge in [0.15, 0.2) is 5.75 Å². The third kappa shape index (κ3) is 2.66. The van der Waals surface area contributed by atoms with Crippen molar-refractivity contribution in [1.29, 1.82) is 0 Å². The van der Waals surface area contributed by atoms with Gasteiger partial charge in [0, 0.05) is 24.8 Å². The second-order valence-corrected chi connectivity index (χ2v) is 6.14. The number of ether oxygens (including phenoxy) is 1. The third-order valence-corrected chi connectivity index (χ3v) is 4.47. The van der Waals surface area contributed by atoms with Crippen LogP contribution in [0.5, 0.6) is 5.75 Å². The molecule has 1 aromatic heterocycles. The molecule has 2 N–H and O–H groups in total. The first kappa shape index (κ1) is 13.8. The summed E-state index contributed by atoms with van der Waals surface area (Å²) >= 11 is 0. The number of alkyl halides is 2. The van der Waals surface area contributed by atoms with Gasteiger partial charge in [-0.1, -0.05) is 0 Å². The minimum atomic E-state index is -2.64. The maximum atomic E-state index is 13.3. The molecule has 112 valence electrons. The quantitative estimate of drug-likeness (QED) is 0.925. The number of hydrogen-bond acceptors (Lipinski definition) is 3. The van der Waals surface area contributed by atoms with Gasteiger partial charge in [0.2, 0.25) is 5.92 Å². The molecule has 0 amide bonds. The highest BCUT2D eigenvalue weighted by atomic mass is 19.3. The molecule has 4 nitrogen and oxygen atoms in total. The van der Waals surface area contributed by atoms with Gasteiger partial charge in [-0.15, -0.1) is 0 Å². The van der Waals surface area contributed by atoms with Crippen molar-refractivity contribution in [2.75, 3.05) is 6.61 Å². The van der Waals surface area contributed by atoms with Crippen LogP contribution in [0, 0.1) is 12.8 Å². The SMILES string of the molecule is Cc1nn(C2CCC2)cc1OCC1CC(F)(F)CC1N. The number of nitrogens with two attached hydrogens (primary N) is 1. The lowest BCUT2D eigenvalue weighted by Gasteiger charge is -2.25. The first-order chi connectivity index (χ1) is 9.44. The average molecular weight is 285 g/mol. The lowest BCUT2D eigenvalue weighted by Crippen LogP contribution is -2.29. The maximum absolute atomic E-state index is 13.3. The monoisotopic (exact) mass is 285 g/mol. The molecule has 3 rings (SSSR count). The molecule has 0 aliphatic heterocycles. The Kier molecular flexibility index (Phi) is 3.44. The van der Waals surface area contributed by atoms with Gasteiger partial charge in [-0.05, 0) is 26.2 Å². The van der Waals surface area contributed by atoms with Crippen LogP contribution in [0.2, 0.25) is 0 Å². The number of halogens is 2. The summed E-state index contributed by atoms with van der Waals surface area (Å²) in [5.74, 6) is -2.23. The average Bonchev–Trinajstić information content (AvgIpc) is 2.74. The molecule has 0 spiro atoms. The van der Waals surface area contributed by atoms with E-state index in [2.05, 4.69) is 5.10 Å². The topological polar surface area (TPSA) is 53.1 Å². The van der Waals surface area contributed by atoms with E-state index in [1.54, 1.807) is 0 Å². The zero-order valence-corrected chi connectivity index (χ0v) is 11.7. The second-order valence-electron chi connectivity index (χ2n) is 6.14. The predicted molar refractivity (Wildman–Crippen MR) is 71.0 cm³/mol. The van der Waals surface area contributed by atoms with Gasteiger partial charge >= 0.3 is 0 Å². The summed E-state index contributed by atoms with van der Waals surface area (Å²) in [6.45, 7) is 2.13. The Morgan fingerprint density at radius 1 is 1.45 bits per heavy atom. The van der Waals surface area contributed by atoms with E-state index in [1.165, 1.54) is 6.42 Å². The highest BCUT2D eigenvalue weighted by Gasteiger charge is 2.45. The highest BCUT2D eigenvalue weighted by Crippen LogP contribution is 2.38. The van der Waals surface area contributed by atoms with Crippen LogP contribution in [0.15, 0.2) is 6.20 Å². The van der Waals surface area contributed by atoms with Crippen LogP contribution in [-0.2, 0) is 0 Å². The van der Waals surface area contributed by atoms with Crippen LogP contribution < -0.4 is 10.5 Å². The van der Waals surface area contributed by atoms with Crippen LogP contribution >= 0.6 is 0 Å². The molecule has 0 aromatic carbocycles. The van der Waals surface area contributed by atoms with Gasteiger partial charge in [0.25, 0.3) is 0 Å². The summed E-state index contributed by atoms with van der Waals surface area (Å²) in [6, 6.07) is -0.00361. The number of aryl methyl sites for hydroxylation is 1. The molecule has 2 aliphatic carbocycles. The molecule has 6 heteroatoms. The molecular weight excluding hydrogens is 264 g/mol. The lowest BCUT2D eigenvalue weighted by molar-refractivity contribution is 0.00238. The molecule has 20 heavy (non-hydrogen) atoms. The molecule has 2 atom stereocenters. The van der Waals surface area contributed by atoms with Crippen molar-refractivity contribution >= 4 is 0 Å². The molecule has 0 bridgehead atoms. The molecular formula is C14H21F2N3O. The summed E-state index contributed by atoms with van der Waals surface area (Å²) < 4.78 is 34.2. The van der Waals surface area contributed by atoms with Crippen LogP contribution in [-0.4, -0.2) is 28.4 Å².